The van der Waals surface area contributed by atoms with E-state index in [1.165, 1.54) is 20.1 Å². The lowest BCUT2D eigenvalue weighted by Crippen LogP contribution is -2.27. The average molecular weight is 533 g/mol. The molecule has 204 valence electrons. The molecule has 0 spiro atoms. The lowest BCUT2D eigenvalue weighted by Gasteiger charge is -2.19. The second kappa shape index (κ2) is 11.8. The van der Waals surface area contributed by atoms with Crippen molar-refractivity contribution in [1.82, 2.24) is 10.3 Å². The Morgan fingerprint density at radius 2 is 1.79 bits per heavy atom. The van der Waals surface area contributed by atoms with E-state index in [2.05, 4.69) is 20.9 Å². The molecule has 0 radical (unpaired) electrons. The van der Waals surface area contributed by atoms with E-state index in [9.17, 15) is 14.4 Å². The quantitative estimate of drug-likeness (QED) is 0.401. The van der Waals surface area contributed by atoms with Gasteiger partial charge in [-0.3, -0.25) is 14.4 Å². The maximum Gasteiger partial charge on any atom is 0.244 e. The fourth-order valence-electron chi connectivity index (χ4n) is 4.83. The molecule has 0 saturated heterocycles. The number of amides is 2. The van der Waals surface area contributed by atoms with Gasteiger partial charge in [-0.15, -0.1) is 0 Å². The summed E-state index contributed by atoms with van der Waals surface area (Å²) in [4.78, 5) is 42.2. The largest absolute Gasteiger partial charge is 0.493 e. The van der Waals surface area contributed by atoms with E-state index in [1.54, 1.807) is 38.5 Å². The van der Waals surface area contributed by atoms with Gasteiger partial charge in [0.1, 0.15) is 5.82 Å². The monoisotopic (exact) mass is 532 g/mol. The van der Waals surface area contributed by atoms with E-state index >= 15 is 0 Å². The van der Waals surface area contributed by atoms with Gasteiger partial charge in [-0.2, -0.15) is 0 Å². The molecule has 10 nitrogen and oxygen atoms in total. The van der Waals surface area contributed by atoms with Crippen molar-refractivity contribution in [3.05, 3.63) is 69.5 Å². The number of aromatic nitrogens is 1. The number of methoxy groups -OCH3 is 3. The average Bonchev–Trinajstić information content (AvgIpc) is 3.14. The molecule has 1 aromatic heterocycles. The zero-order chi connectivity index (χ0) is 28.1. The number of pyridine rings is 1. The standard InChI is InChI=1S/C29H32N4O6/c1-16-7-6-8-25(31-16)33-26(36)15-30-22-12-10-19-20(14-23(22)35)21(32-17(2)34)11-9-18-13-24(37-3)28(38-4)29(39-5)27(18)19/h6-8,10,12-14,21H,9,11,15H2,1-5H3,(H,30,35)(H,32,34)(H,31,33,36). The highest BCUT2D eigenvalue weighted by atomic mass is 16.5. The van der Waals surface area contributed by atoms with Crippen LogP contribution in [0.3, 0.4) is 0 Å². The number of hydrogen-bond donors (Lipinski definition) is 3. The van der Waals surface area contributed by atoms with Gasteiger partial charge in [0.05, 0.1) is 39.6 Å². The summed E-state index contributed by atoms with van der Waals surface area (Å²) in [5.41, 5.74) is 3.71. The van der Waals surface area contributed by atoms with Gasteiger partial charge in [0.15, 0.2) is 11.5 Å². The summed E-state index contributed by atoms with van der Waals surface area (Å²) in [5.74, 6) is 1.29. The Bertz CT molecular complexity index is 1470. The number of ether oxygens (including phenoxy) is 3. The molecule has 0 aliphatic heterocycles. The summed E-state index contributed by atoms with van der Waals surface area (Å²) in [7, 11) is 4.63. The molecule has 1 atom stereocenters. The maximum atomic E-state index is 13.3. The van der Waals surface area contributed by atoms with Crippen LogP contribution in [0.1, 0.15) is 36.2 Å². The highest BCUT2D eigenvalue weighted by Gasteiger charge is 2.29. The third-order valence-corrected chi connectivity index (χ3v) is 6.51. The fraction of sp³-hybridized carbons (Fsp3) is 0.310. The second-order valence-corrected chi connectivity index (χ2v) is 9.16. The van der Waals surface area contributed by atoms with Crippen molar-refractivity contribution < 1.29 is 23.8 Å². The highest BCUT2D eigenvalue weighted by molar-refractivity contribution is 5.93. The molecule has 1 aliphatic rings. The molecule has 4 rings (SSSR count). The molecule has 0 fully saturated rings. The summed E-state index contributed by atoms with van der Waals surface area (Å²) < 4.78 is 17.0. The minimum atomic E-state index is -0.421. The Labute approximate surface area is 226 Å². The number of anilines is 2. The van der Waals surface area contributed by atoms with Gasteiger partial charge in [-0.25, -0.2) is 4.98 Å². The minimum Gasteiger partial charge on any atom is -0.493 e. The molecule has 39 heavy (non-hydrogen) atoms. The Morgan fingerprint density at radius 1 is 1.03 bits per heavy atom. The van der Waals surface area contributed by atoms with Crippen molar-refractivity contribution in [1.29, 1.82) is 0 Å². The lowest BCUT2D eigenvalue weighted by molar-refractivity contribution is -0.119. The molecule has 1 aliphatic carbocycles. The molecule has 10 heteroatoms. The molecule has 2 aromatic carbocycles. The number of fused-ring (bicyclic) bond motifs is 3. The SMILES string of the molecule is COc1cc2c(c(OC)c1OC)-c1ccc(NCC(=O)Nc3cccc(C)n3)c(=O)cc1C(NC(C)=O)CC2. The number of hydrogen-bond acceptors (Lipinski definition) is 8. The third-order valence-electron chi connectivity index (χ3n) is 6.51. The van der Waals surface area contributed by atoms with Crippen LogP contribution in [0, 0.1) is 6.92 Å². The van der Waals surface area contributed by atoms with Gasteiger partial charge in [-0.05, 0) is 66.8 Å². The highest BCUT2D eigenvalue weighted by Crippen LogP contribution is 2.50. The molecule has 0 saturated carbocycles. The van der Waals surface area contributed by atoms with E-state index in [4.69, 9.17) is 14.2 Å². The fourth-order valence-corrected chi connectivity index (χ4v) is 4.83. The molecule has 3 N–H and O–H groups in total. The van der Waals surface area contributed by atoms with Crippen molar-refractivity contribution >= 4 is 23.3 Å². The van der Waals surface area contributed by atoms with Crippen LogP contribution in [0.15, 0.2) is 47.3 Å². The first kappa shape index (κ1) is 27.4. The predicted octanol–water partition coefficient (Wildman–Crippen LogP) is 3.62. The first-order valence-electron chi connectivity index (χ1n) is 12.5. The van der Waals surface area contributed by atoms with Crippen molar-refractivity contribution in [2.45, 2.75) is 32.7 Å². The van der Waals surface area contributed by atoms with E-state index in [0.29, 0.717) is 47.0 Å². The molecular formula is C29H32N4O6. The Kier molecular flexibility index (Phi) is 8.33. The summed E-state index contributed by atoms with van der Waals surface area (Å²) in [6, 6.07) is 11.7. The van der Waals surface area contributed by atoms with Crippen LogP contribution in [-0.4, -0.2) is 44.7 Å². The Hall–Kier alpha value is -4.60. The van der Waals surface area contributed by atoms with E-state index in [-0.39, 0.29) is 29.5 Å². The normalized spacial score (nSPS) is 13.7. The van der Waals surface area contributed by atoms with Crippen molar-refractivity contribution in [2.75, 3.05) is 38.5 Å². The van der Waals surface area contributed by atoms with Crippen LogP contribution in [0.25, 0.3) is 11.1 Å². The molecule has 2 amide bonds. The van der Waals surface area contributed by atoms with Gasteiger partial charge >= 0.3 is 0 Å². The number of rotatable bonds is 8. The van der Waals surface area contributed by atoms with Crippen LogP contribution >= 0.6 is 0 Å². The van der Waals surface area contributed by atoms with Gasteiger partial charge in [-0.1, -0.05) is 12.1 Å². The van der Waals surface area contributed by atoms with Crippen molar-refractivity contribution in [2.24, 2.45) is 0 Å². The molecular weight excluding hydrogens is 500 g/mol. The second-order valence-electron chi connectivity index (χ2n) is 9.16. The third kappa shape index (κ3) is 5.95. The summed E-state index contributed by atoms with van der Waals surface area (Å²) >= 11 is 0. The number of carbonyl (C=O) groups excluding carboxylic acids is 2. The summed E-state index contributed by atoms with van der Waals surface area (Å²) in [6.07, 6.45) is 1.15. The Morgan fingerprint density at radius 3 is 2.46 bits per heavy atom. The van der Waals surface area contributed by atoms with E-state index in [1.807, 2.05) is 19.1 Å². The first-order valence-corrected chi connectivity index (χ1v) is 12.5. The molecule has 1 heterocycles. The number of nitrogens with one attached hydrogen (secondary N) is 3. The van der Waals surface area contributed by atoms with Gasteiger partial charge < -0.3 is 30.2 Å². The number of carbonyl (C=O) groups is 2. The number of benzene rings is 1. The summed E-state index contributed by atoms with van der Waals surface area (Å²) in [6.45, 7) is 3.14. The van der Waals surface area contributed by atoms with Crippen LogP contribution in [-0.2, 0) is 16.0 Å². The molecule has 1 unspecified atom stereocenters. The van der Waals surface area contributed by atoms with Gasteiger partial charge in [0.2, 0.25) is 23.0 Å². The number of nitrogens with zero attached hydrogens (tertiary/aromatic N) is 1. The van der Waals surface area contributed by atoms with Crippen LogP contribution in [0.2, 0.25) is 0 Å². The lowest BCUT2D eigenvalue weighted by atomic mass is 9.95. The van der Waals surface area contributed by atoms with Crippen LogP contribution < -0.4 is 35.6 Å². The van der Waals surface area contributed by atoms with Crippen LogP contribution in [0.5, 0.6) is 17.2 Å². The van der Waals surface area contributed by atoms with E-state index < -0.39 is 6.04 Å². The first-order chi connectivity index (χ1) is 18.7. The van der Waals surface area contributed by atoms with Gasteiger partial charge in [0, 0.05) is 18.2 Å². The smallest absolute Gasteiger partial charge is 0.244 e. The number of aryl methyl sites for hydroxylation is 2. The zero-order valence-electron chi connectivity index (χ0n) is 22.6. The maximum absolute atomic E-state index is 13.3. The topological polar surface area (TPSA) is 128 Å². The molecule has 0 bridgehead atoms. The van der Waals surface area contributed by atoms with Crippen molar-refractivity contribution in [3.8, 4) is 28.4 Å². The zero-order valence-corrected chi connectivity index (χ0v) is 22.6. The molecule has 3 aromatic rings. The summed E-state index contributed by atoms with van der Waals surface area (Å²) in [5, 5.41) is 8.64. The van der Waals surface area contributed by atoms with Gasteiger partial charge in [0.25, 0.3) is 0 Å². The predicted molar refractivity (Wildman–Crippen MR) is 149 cm³/mol. The van der Waals surface area contributed by atoms with Crippen LogP contribution in [0.4, 0.5) is 11.5 Å². The Balaban J connectivity index is 1.77. The van der Waals surface area contributed by atoms with Crippen molar-refractivity contribution in [3.63, 3.8) is 0 Å². The minimum absolute atomic E-state index is 0.139. The van der Waals surface area contributed by atoms with E-state index in [0.717, 1.165) is 16.8 Å².